The molecule has 0 aromatic heterocycles. The van der Waals surface area contributed by atoms with E-state index in [1.54, 1.807) is 7.11 Å². The van der Waals surface area contributed by atoms with Gasteiger partial charge in [0.2, 0.25) is 0 Å². The van der Waals surface area contributed by atoms with E-state index in [4.69, 9.17) is 42.9 Å². The lowest BCUT2D eigenvalue weighted by Crippen LogP contribution is -2.17. The molecule has 0 saturated carbocycles. The third kappa shape index (κ3) is 14.6. The molecule has 0 atom stereocenters. The maximum atomic E-state index is 6.71. The summed E-state index contributed by atoms with van der Waals surface area (Å²) >= 11 is 0. The van der Waals surface area contributed by atoms with E-state index in [0.29, 0.717) is 71.0 Å². The van der Waals surface area contributed by atoms with Crippen LogP contribution < -0.4 is 19.3 Å². The Balaban J connectivity index is 0.00000211. The van der Waals surface area contributed by atoms with Gasteiger partial charge in [-0.05, 0) is 84.0 Å². The molecule has 0 bridgehead atoms. The summed E-state index contributed by atoms with van der Waals surface area (Å²) in [5.41, 5.74) is 6.70. The second-order valence-electron chi connectivity index (χ2n) is 13.7. The Labute approximate surface area is 342 Å². The molecule has 0 unspecified atom stereocenters. The summed E-state index contributed by atoms with van der Waals surface area (Å²) < 4.78 is 40.4. The molecule has 57 heavy (non-hydrogen) atoms. The number of methoxy groups -OCH3 is 1. The molecule has 0 spiro atoms. The number of rotatable bonds is 22. The Kier molecular flexibility index (Phi) is 21.5. The minimum Gasteiger partial charge on any atom is -0.491 e. The highest BCUT2D eigenvalue weighted by molar-refractivity contribution is 5.88. The standard InChI is InChI=1S/C43H55NO9.2C2H6/c1-7-17-46-20-21-49-25-27-51-53-39-31-36(40(28-32(39)2)50-26-24-48-23-22-47-19-18-45-6)33-13-15-37-41(29-33)52-42-30-34(43(3,4)5)14-16-38(42)44(37)35-11-9-8-10-12-35;2*1-2/h8-16,28-31H,7,17-27H2,1-6H3;2*1-2H3. The minimum absolute atomic E-state index is 0.0410. The van der Waals surface area contributed by atoms with Crippen molar-refractivity contribution in [2.24, 2.45) is 0 Å². The third-order valence-electron chi connectivity index (χ3n) is 8.56. The van der Waals surface area contributed by atoms with Gasteiger partial charge in [0.1, 0.15) is 19.0 Å². The van der Waals surface area contributed by atoms with Gasteiger partial charge in [0.05, 0.1) is 64.2 Å². The summed E-state index contributed by atoms with van der Waals surface area (Å²) in [5, 5.41) is 0. The van der Waals surface area contributed by atoms with Gasteiger partial charge in [-0.1, -0.05) is 85.7 Å². The van der Waals surface area contributed by atoms with Crippen LogP contribution in [0.2, 0.25) is 0 Å². The number of ether oxygens (including phenoxy) is 7. The van der Waals surface area contributed by atoms with E-state index in [-0.39, 0.29) is 12.0 Å². The van der Waals surface area contributed by atoms with Crippen molar-refractivity contribution in [1.29, 1.82) is 0 Å². The molecule has 0 N–H and O–H groups in total. The van der Waals surface area contributed by atoms with Gasteiger partial charge in [0.15, 0.2) is 17.2 Å². The molecule has 1 aliphatic heterocycles. The normalized spacial score (nSPS) is 11.6. The van der Waals surface area contributed by atoms with Gasteiger partial charge in [-0.15, -0.1) is 0 Å². The number of fused-ring (bicyclic) bond motifs is 2. The summed E-state index contributed by atoms with van der Waals surface area (Å²) in [5.74, 6) is 2.79. The van der Waals surface area contributed by atoms with Crippen LogP contribution in [0.1, 0.15) is 72.9 Å². The minimum atomic E-state index is -0.0410. The van der Waals surface area contributed by atoms with Crippen molar-refractivity contribution in [2.75, 3.05) is 84.7 Å². The van der Waals surface area contributed by atoms with Crippen LogP contribution in [0.5, 0.6) is 23.0 Å². The summed E-state index contributed by atoms with van der Waals surface area (Å²) in [6.45, 7) is 23.9. The molecule has 4 aromatic rings. The fourth-order valence-electron chi connectivity index (χ4n) is 5.73. The first kappa shape index (κ1) is 47.2. The highest BCUT2D eigenvalue weighted by atomic mass is 17.2. The molecule has 10 nitrogen and oxygen atoms in total. The number of para-hydroxylation sites is 1. The monoisotopic (exact) mass is 789 g/mol. The lowest BCUT2D eigenvalue weighted by molar-refractivity contribution is -0.215. The van der Waals surface area contributed by atoms with E-state index in [9.17, 15) is 0 Å². The van der Waals surface area contributed by atoms with E-state index < -0.39 is 0 Å². The molecular formula is C47H67NO9. The smallest absolute Gasteiger partial charge is 0.169 e. The number of anilines is 3. The first-order chi connectivity index (χ1) is 27.8. The number of hydrogen-bond donors (Lipinski definition) is 0. The fraction of sp³-hybridized carbons (Fsp3) is 0.489. The van der Waals surface area contributed by atoms with Crippen molar-refractivity contribution < 1.29 is 42.9 Å². The summed E-state index contributed by atoms with van der Waals surface area (Å²) in [7, 11) is 1.65. The predicted octanol–water partition coefficient (Wildman–Crippen LogP) is 11.4. The number of aryl methyl sites for hydroxylation is 1. The van der Waals surface area contributed by atoms with Crippen LogP contribution in [-0.4, -0.2) is 79.8 Å². The van der Waals surface area contributed by atoms with Gasteiger partial charge in [-0.2, -0.15) is 4.89 Å². The molecule has 10 heteroatoms. The molecular weight excluding hydrogens is 723 g/mol. The zero-order valence-corrected chi connectivity index (χ0v) is 36.1. The molecule has 1 aliphatic rings. The molecule has 0 aliphatic carbocycles. The van der Waals surface area contributed by atoms with Gasteiger partial charge in [0, 0.05) is 25.0 Å². The zero-order chi connectivity index (χ0) is 41.5. The molecule has 0 saturated heterocycles. The molecule has 4 aromatic carbocycles. The molecule has 0 fully saturated rings. The van der Waals surface area contributed by atoms with Crippen LogP contribution in [0.4, 0.5) is 17.1 Å². The zero-order valence-electron chi connectivity index (χ0n) is 36.1. The lowest BCUT2D eigenvalue weighted by Gasteiger charge is -2.34. The highest BCUT2D eigenvalue weighted by Crippen LogP contribution is 2.52. The number of benzene rings is 4. The average Bonchev–Trinajstić information content (AvgIpc) is 3.23. The van der Waals surface area contributed by atoms with Crippen molar-refractivity contribution >= 4 is 17.1 Å². The van der Waals surface area contributed by atoms with Crippen molar-refractivity contribution in [3.05, 3.63) is 90.0 Å². The van der Waals surface area contributed by atoms with Gasteiger partial charge in [-0.3, -0.25) is 0 Å². The van der Waals surface area contributed by atoms with Gasteiger partial charge >= 0.3 is 0 Å². The van der Waals surface area contributed by atoms with E-state index >= 15 is 0 Å². The Morgan fingerprint density at radius 1 is 0.596 bits per heavy atom. The summed E-state index contributed by atoms with van der Waals surface area (Å²) in [6.07, 6.45) is 0.984. The van der Waals surface area contributed by atoms with Crippen LogP contribution >= 0.6 is 0 Å². The molecule has 1 heterocycles. The van der Waals surface area contributed by atoms with E-state index in [2.05, 4.69) is 81.1 Å². The van der Waals surface area contributed by atoms with E-state index in [1.807, 2.05) is 65.0 Å². The maximum absolute atomic E-state index is 6.71. The second kappa shape index (κ2) is 26.0. The summed E-state index contributed by atoms with van der Waals surface area (Å²) in [6, 6.07) is 27.0. The Hall–Kier alpha value is -4.16. The second-order valence-corrected chi connectivity index (χ2v) is 13.7. The quantitative estimate of drug-likeness (QED) is 0.0384. The Bertz CT molecular complexity index is 1710. The van der Waals surface area contributed by atoms with Crippen molar-refractivity contribution in [2.45, 2.75) is 74.1 Å². The SMILES string of the molecule is CC.CC.CCCOCCOCCOOc1cc(-c2ccc3c(c2)Oc2cc(C(C)(C)C)ccc2N3c2ccccc2)c(OCCOCCOCCOC)cc1C. The molecule has 5 rings (SSSR count). The van der Waals surface area contributed by atoms with Gasteiger partial charge in [0.25, 0.3) is 0 Å². The average molecular weight is 790 g/mol. The molecule has 0 radical (unpaired) electrons. The Morgan fingerprint density at radius 3 is 1.81 bits per heavy atom. The van der Waals surface area contributed by atoms with E-state index in [1.165, 1.54) is 5.56 Å². The Morgan fingerprint density at radius 2 is 1.18 bits per heavy atom. The first-order valence-electron chi connectivity index (χ1n) is 20.5. The molecule has 0 amide bonds. The van der Waals surface area contributed by atoms with Crippen molar-refractivity contribution in [3.63, 3.8) is 0 Å². The van der Waals surface area contributed by atoms with Gasteiger partial charge < -0.3 is 42.9 Å². The van der Waals surface area contributed by atoms with E-state index in [0.717, 1.165) is 58.3 Å². The lowest BCUT2D eigenvalue weighted by atomic mass is 9.86. The van der Waals surface area contributed by atoms with Crippen molar-refractivity contribution in [1.82, 2.24) is 0 Å². The van der Waals surface area contributed by atoms with Crippen LogP contribution in [0.15, 0.2) is 78.9 Å². The van der Waals surface area contributed by atoms with Crippen LogP contribution in [0, 0.1) is 6.92 Å². The van der Waals surface area contributed by atoms with Gasteiger partial charge in [-0.25, -0.2) is 0 Å². The molecule has 314 valence electrons. The van der Waals surface area contributed by atoms with Crippen LogP contribution in [0.3, 0.4) is 0 Å². The number of nitrogens with zero attached hydrogens (tertiary/aromatic N) is 1. The first-order valence-corrected chi connectivity index (χ1v) is 20.5. The topological polar surface area (TPSA) is 86.3 Å². The highest BCUT2D eigenvalue weighted by Gasteiger charge is 2.28. The number of hydrogen-bond acceptors (Lipinski definition) is 10. The fourth-order valence-corrected chi connectivity index (χ4v) is 5.73. The summed E-state index contributed by atoms with van der Waals surface area (Å²) in [4.78, 5) is 13.6. The third-order valence-corrected chi connectivity index (χ3v) is 8.56. The van der Waals surface area contributed by atoms with Crippen LogP contribution in [0.25, 0.3) is 11.1 Å². The predicted molar refractivity (Wildman–Crippen MR) is 230 cm³/mol. The van der Waals surface area contributed by atoms with Crippen LogP contribution in [-0.2, 0) is 34.0 Å². The van der Waals surface area contributed by atoms with Crippen molar-refractivity contribution in [3.8, 4) is 34.1 Å². The largest absolute Gasteiger partial charge is 0.491 e. The maximum Gasteiger partial charge on any atom is 0.169 e.